The SMILES string of the molecule is COc1cccc(/C=N/NS(=O)(=O)c2ccc(NC(C)=O)cc2)c1OC. The molecule has 2 rings (SSSR count). The van der Waals surface area contributed by atoms with Crippen molar-refractivity contribution in [2.24, 2.45) is 5.10 Å². The predicted molar refractivity (Wildman–Crippen MR) is 98.2 cm³/mol. The third-order valence-corrected chi connectivity index (χ3v) is 4.53. The molecule has 0 spiro atoms. The average molecular weight is 377 g/mol. The molecule has 0 saturated heterocycles. The summed E-state index contributed by atoms with van der Waals surface area (Å²) >= 11 is 0. The number of hydrazone groups is 1. The number of hydrogen-bond donors (Lipinski definition) is 2. The molecule has 26 heavy (non-hydrogen) atoms. The number of methoxy groups -OCH3 is 2. The zero-order chi connectivity index (χ0) is 19.2. The molecule has 2 aromatic rings. The summed E-state index contributed by atoms with van der Waals surface area (Å²) in [6, 6.07) is 10.9. The van der Waals surface area contributed by atoms with E-state index >= 15 is 0 Å². The van der Waals surface area contributed by atoms with Crippen LogP contribution < -0.4 is 19.6 Å². The Morgan fingerprint density at radius 1 is 1.08 bits per heavy atom. The molecule has 1 amide bonds. The van der Waals surface area contributed by atoms with E-state index in [1.54, 1.807) is 18.2 Å². The maximum Gasteiger partial charge on any atom is 0.276 e. The van der Waals surface area contributed by atoms with Crippen molar-refractivity contribution in [2.75, 3.05) is 19.5 Å². The third-order valence-electron chi connectivity index (χ3n) is 3.29. The number of rotatable bonds is 7. The predicted octanol–water partition coefficient (Wildman–Crippen LogP) is 1.97. The van der Waals surface area contributed by atoms with Gasteiger partial charge < -0.3 is 14.8 Å². The highest BCUT2D eigenvalue weighted by Crippen LogP contribution is 2.29. The highest BCUT2D eigenvalue weighted by molar-refractivity contribution is 7.89. The van der Waals surface area contributed by atoms with Gasteiger partial charge in [-0.3, -0.25) is 4.79 Å². The van der Waals surface area contributed by atoms with Crippen LogP contribution in [0.15, 0.2) is 52.5 Å². The van der Waals surface area contributed by atoms with Gasteiger partial charge in [0.1, 0.15) is 0 Å². The van der Waals surface area contributed by atoms with E-state index in [0.29, 0.717) is 22.7 Å². The first-order valence-corrected chi connectivity index (χ1v) is 8.99. The number of ether oxygens (including phenoxy) is 2. The summed E-state index contributed by atoms with van der Waals surface area (Å²) in [5.41, 5.74) is 1.05. The Bertz CT molecular complexity index is 908. The molecule has 0 aliphatic rings. The van der Waals surface area contributed by atoms with Gasteiger partial charge in [0.25, 0.3) is 10.0 Å². The van der Waals surface area contributed by atoms with E-state index in [1.807, 2.05) is 0 Å². The minimum atomic E-state index is -3.84. The summed E-state index contributed by atoms with van der Waals surface area (Å²) in [7, 11) is -0.855. The lowest BCUT2D eigenvalue weighted by Crippen LogP contribution is -2.18. The van der Waals surface area contributed by atoms with Crippen LogP contribution in [0.25, 0.3) is 0 Å². The molecule has 8 nitrogen and oxygen atoms in total. The first-order valence-electron chi connectivity index (χ1n) is 7.51. The van der Waals surface area contributed by atoms with Gasteiger partial charge in [-0.1, -0.05) is 6.07 Å². The maximum atomic E-state index is 12.3. The largest absolute Gasteiger partial charge is 0.493 e. The van der Waals surface area contributed by atoms with Crippen molar-refractivity contribution in [2.45, 2.75) is 11.8 Å². The number of sulfonamides is 1. The van der Waals surface area contributed by atoms with Crippen LogP contribution in [0.5, 0.6) is 11.5 Å². The highest BCUT2D eigenvalue weighted by atomic mass is 32.2. The standard InChI is InChI=1S/C17H19N3O5S/c1-12(21)19-14-7-9-15(10-8-14)26(22,23)20-18-11-13-5-4-6-16(24-2)17(13)25-3/h4-11,20H,1-3H3,(H,19,21)/b18-11+. The van der Waals surface area contributed by atoms with Crippen LogP contribution in [0.2, 0.25) is 0 Å². The monoisotopic (exact) mass is 377 g/mol. The van der Waals surface area contributed by atoms with E-state index in [-0.39, 0.29) is 10.8 Å². The quantitative estimate of drug-likeness (QED) is 0.567. The number of carbonyl (C=O) groups is 1. The van der Waals surface area contributed by atoms with Crippen molar-refractivity contribution in [1.82, 2.24) is 4.83 Å². The summed E-state index contributed by atoms with van der Waals surface area (Å²) in [6.45, 7) is 1.37. The van der Waals surface area contributed by atoms with E-state index in [1.165, 1.54) is 51.6 Å². The topological polar surface area (TPSA) is 106 Å². The number of benzene rings is 2. The molecule has 0 unspecified atom stereocenters. The molecule has 0 aliphatic carbocycles. The van der Waals surface area contributed by atoms with Crippen molar-refractivity contribution >= 4 is 27.8 Å². The Morgan fingerprint density at radius 3 is 2.35 bits per heavy atom. The van der Waals surface area contributed by atoms with Gasteiger partial charge in [-0.2, -0.15) is 13.5 Å². The number of anilines is 1. The zero-order valence-electron chi connectivity index (χ0n) is 14.5. The fraction of sp³-hybridized carbons (Fsp3) is 0.176. The van der Waals surface area contributed by atoms with E-state index in [9.17, 15) is 13.2 Å². The molecule has 2 N–H and O–H groups in total. The molecule has 138 valence electrons. The number of nitrogens with zero attached hydrogens (tertiary/aromatic N) is 1. The fourth-order valence-corrected chi connectivity index (χ4v) is 2.94. The second kappa shape index (κ2) is 8.34. The Labute approximate surface area is 151 Å². The van der Waals surface area contributed by atoms with Gasteiger partial charge in [0, 0.05) is 18.2 Å². The summed E-state index contributed by atoms with van der Waals surface area (Å²) in [4.78, 5) is 13.1. The van der Waals surface area contributed by atoms with Gasteiger partial charge in [0.05, 0.1) is 25.3 Å². The summed E-state index contributed by atoms with van der Waals surface area (Å²) in [6.07, 6.45) is 1.32. The van der Waals surface area contributed by atoms with Gasteiger partial charge >= 0.3 is 0 Å². The minimum Gasteiger partial charge on any atom is -0.493 e. The molecule has 0 radical (unpaired) electrons. The van der Waals surface area contributed by atoms with E-state index < -0.39 is 10.0 Å². The van der Waals surface area contributed by atoms with E-state index in [4.69, 9.17) is 9.47 Å². The van der Waals surface area contributed by atoms with Crippen molar-refractivity contribution < 1.29 is 22.7 Å². The number of amides is 1. The number of para-hydroxylation sites is 1. The Kier molecular flexibility index (Phi) is 6.18. The lowest BCUT2D eigenvalue weighted by Gasteiger charge is -2.09. The fourth-order valence-electron chi connectivity index (χ4n) is 2.15. The molecule has 0 aliphatic heterocycles. The Balaban J connectivity index is 2.15. The normalized spacial score (nSPS) is 11.2. The Morgan fingerprint density at radius 2 is 1.77 bits per heavy atom. The summed E-state index contributed by atoms with van der Waals surface area (Å²) in [5, 5.41) is 6.34. The smallest absolute Gasteiger partial charge is 0.276 e. The number of hydrogen-bond acceptors (Lipinski definition) is 6. The lowest BCUT2D eigenvalue weighted by atomic mass is 10.2. The number of carbonyl (C=O) groups excluding carboxylic acids is 1. The van der Waals surface area contributed by atoms with Crippen molar-refractivity contribution in [3.05, 3.63) is 48.0 Å². The first kappa shape index (κ1) is 19.3. The lowest BCUT2D eigenvalue weighted by molar-refractivity contribution is -0.114. The molecule has 0 aromatic heterocycles. The van der Waals surface area contributed by atoms with Crippen LogP contribution in [-0.4, -0.2) is 34.8 Å². The van der Waals surface area contributed by atoms with Crippen LogP contribution >= 0.6 is 0 Å². The first-order chi connectivity index (χ1) is 12.4. The van der Waals surface area contributed by atoms with Crippen LogP contribution in [-0.2, 0) is 14.8 Å². The van der Waals surface area contributed by atoms with Crippen LogP contribution in [0, 0.1) is 0 Å². The third kappa shape index (κ3) is 4.73. The molecule has 9 heteroatoms. The Hall–Kier alpha value is -3.07. The van der Waals surface area contributed by atoms with Gasteiger partial charge in [-0.15, -0.1) is 0 Å². The van der Waals surface area contributed by atoms with Gasteiger partial charge in [0.2, 0.25) is 5.91 Å². The molecule has 0 atom stereocenters. The van der Waals surface area contributed by atoms with Gasteiger partial charge in [0.15, 0.2) is 11.5 Å². The molecule has 0 saturated carbocycles. The van der Waals surface area contributed by atoms with E-state index in [2.05, 4.69) is 15.2 Å². The summed E-state index contributed by atoms with van der Waals surface area (Å²) < 4.78 is 35.0. The van der Waals surface area contributed by atoms with E-state index in [0.717, 1.165) is 0 Å². The second-order valence-electron chi connectivity index (χ2n) is 5.14. The summed E-state index contributed by atoms with van der Waals surface area (Å²) in [5.74, 6) is 0.709. The van der Waals surface area contributed by atoms with Crippen molar-refractivity contribution in [1.29, 1.82) is 0 Å². The van der Waals surface area contributed by atoms with Gasteiger partial charge in [-0.25, -0.2) is 4.83 Å². The number of nitrogens with one attached hydrogen (secondary N) is 2. The highest BCUT2D eigenvalue weighted by Gasteiger charge is 2.13. The van der Waals surface area contributed by atoms with Crippen molar-refractivity contribution in [3.63, 3.8) is 0 Å². The van der Waals surface area contributed by atoms with Crippen LogP contribution in [0.1, 0.15) is 12.5 Å². The molecule has 0 bridgehead atoms. The van der Waals surface area contributed by atoms with Crippen LogP contribution in [0.4, 0.5) is 5.69 Å². The van der Waals surface area contributed by atoms with Crippen molar-refractivity contribution in [3.8, 4) is 11.5 Å². The molecular formula is C17H19N3O5S. The molecule has 2 aromatic carbocycles. The van der Waals surface area contributed by atoms with Crippen LogP contribution in [0.3, 0.4) is 0 Å². The molecular weight excluding hydrogens is 358 g/mol. The van der Waals surface area contributed by atoms with Gasteiger partial charge in [-0.05, 0) is 36.4 Å². The molecule has 0 heterocycles. The maximum absolute atomic E-state index is 12.3. The minimum absolute atomic E-state index is 0.0151. The average Bonchev–Trinajstić information content (AvgIpc) is 2.61. The second-order valence-corrected chi connectivity index (χ2v) is 6.80. The zero-order valence-corrected chi connectivity index (χ0v) is 15.3. The molecule has 0 fully saturated rings.